The molecule has 2 nitrogen and oxygen atoms in total. The molecule has 0 saturated heterocycles. The molecule has 3 heteroatoms. The standard InChI is InChI=1S/C14H24ClNO/c1-9(15)14(2,3)16-13(17)8-12-7-10-4-5-11(12)6-10/h9-12H,4-8H2,1-3H3,(H,16,17). The van der Waals surface area contributed by atoms with E-state index in [0.29, 0.717) is 12.3 Å². The summed E-state index contributed by atoms with van der Waals surface area (Å²) < 4.78 is 0. The van der Waals surface area contributed by atoms with Gasteiger partial charge >= 0.3 is 0 Å². The number of halogens is 1. The molecule has 2 bridgehead atoms. The molecule has 0 aromatic carbocycles. The fourth-order valence-corrected chi connectivity index (χ4v) is 3.43. The van der Waals surface area contributed by atoms with Gasteiger partial charge in [0.1, 0.15) is 0 Å². The Kier molecular flexibility index (Phi) is 3.72. The van der Waals surface area contributed by atoms with Crippen molar-refractivity contribution >= 4 is 17.5 Å². The minimum absolute atomic E-state index is 0.0496. The number of rotatable bonds is 4. The molecule has 4 unspecified atom stereocenters. The van der Waals surface area contributed by atoms with Crippen molar-refractivity contribution in [3.05, 3.63) is 0 Å². The van der Waals surface area contributed by atoms with Crippen molar-refractivity contribution in [2.45, 2.75) is 63.8 Å². The molecule has 98 valence electrons. The summed E-state index contributed by atoms with van der Waals surface area (Å²) in [6.45, 7) is 5.91. The molecule has 4 atom stereocenters. The minimum atomic E-state index is -0.309. The van der Waals surface area contributed by atoms with Crippen molar-refractivity contribution in [3.63, 3.8) is 0 Å². The summed E-state index contributed by atoms with van der Waals surface area (Å²) in [6.07, 6.45) is 6.08. The first kappa shape index (κ1) is 13.2. The summed E-state index contributed by atoms with van der Waals surface area (Å²) in [5.41, 5.74) is -0.309. The van der Waals surface area contributed by atoms with Crippen LogP contribution in [0.4, 0.5) is 0 Å². The molecule has 0 radical (unpaired) electrons. The summed E-state index contributed by atoms with van der Waals surface area (Å²) in [6, 6.07) is 0. The summed E-state index contributed by atoms with van der Waals surface area (Å²) in [5, 5.41) is 3.02. The van der Waals surface area contributed by atoms with Crippen molar-refractivity contribution in [1.82, 2.24) is 5.32 Å². The lowest BCUT2D eigenvalue weighted by atomic mass is 9.86. The molecular formula is C14H24ClNO. The van der Waals surface area contributed by atoms with Gasteiger partial charge in [0.05, 0.1) is 10.9 Å². The van der Waals surface area contributed by atoms with E-state index in [-0.39, 0.29) is 16.8 Å². The molecule has 1 amide bonds. The SMILES string of the molecule is CC(Cl)C(C)(C)NC(=O)CC1CC2CCC1C2. The van der Waals surface area contributed by atoms with Gasteiger partial charge in [0.2, 0.25) is 5.91 Å². The molecule has 0 aromatic rings. The number of alkyl halides is 1. The van der Waals surface area contributed by atoms with Gasteiger partial charge in [-0.05, 0) is 57.8 Å². The highest BCUT2D eigenvalue weighted by atomic mass is 35.5. The van der Waals surface area contributed by atoms with E-state index in [1.165, 1.54) is 25.7 Å². The third-order valence-corrected chi connectivity index (χ3v) is 5.33. The number of amides is 1. The summed E-state index contributed by atoms with van der Waals surface area (Å²) in [4.78, 5) is 12.0. The Labute approximate surface area is 109 Å². The van der Waals surface area contributed by atoms with Crippen LogP contribution >= 0.6 is 11.6 Å². The summed E-state index contributed by atoms with van der Waals surface area (Å²) in [7, 11) is 0. The van der Waals surface area contributed by atoms with Gasteiger partial charge in [0.25, 0.3) is 0 Å². The molecule has 0 spiro atoms. The van der Waals surface area contributed by atoms with E-state index >= 15 is 0 Å². The third kappa shape index (κ3) is 2.96. The Hall–Kier alpha value is -0.240. The van der Waals surface area contributed by atoms with E-state index in [1.807, 2.05) is 20.8 Å². The number of carbonyl (C=O) groups excluding carboxylic acids is 1. The topological polar surface area (TPSA) is 29.1 Å². The van der Waals surface area contributed by atoms with Gasteiger partial charge in [-0.25, -0.2) is 0 Å². The van der Waals surface area contributed by atoms with Gasteiger partial charge in [0.15, 0.2) is 0 Å². The van der Waals surface area contributed by atoms with E-state index in [2.05, 4.69) is 5.32 Å². The smallest absolute Gasteiger partial charge is 0.220 e. The maximum absolute atomic E-state index is 12.0. The molecule has 2 aliphatic rings. The number of hydrogen-bond acceptors (Lipinski definition) is 1. The first-order valence-corrected chi connectivity index (χ1v) is 7.27. The fourth-order valence-electron chi connectivity index (χ4n) is 3.37. The fraction of sp³-hybridized carbons (Fsp3) is 0.929. The highest BCUT2D eigenvalue weighted by molar-refractivity contribution is 6.21. The molecule has 2 rings (SSSR count). The first-order chi connectivity index (χ1) is 7.88. The zero-order chi connectivity index (χ0) is 12.6. The molecule has 2 saturated carbocycles. The molecule has 2 fully saturated rings. The maximum Gasteiger partial charge on any atom is 0.220 e. The number of hydrogen-bond donors (Lipinski definition) is 1. The molecular weight excluding hydrogens is 234 g/mol. The molecule has 2 aliphatic carbocycles. The van der Waals surface area contributed by atoms with Gasteiger partial charge in [-0.15, -0.1) is 11.6 Å². The Morgan fingerprint density at radius 1 is 1.41 bits per heavy atom. The lowest BCUT2D eigenvalue weighted by Crippen LogP contribution is -2.49. The zero-order valence-corrected chi connectivity index (χ0v) is 11.9. The molecule has 1 N–H and O–H groups in total. The van der Waals surface area contributed by atoms with Crippen LogP contribution in [-0.4, -0.2) is 16.8 Å². The lowest BCUT2D eigenvalue weighted by molar-refractivity contribution is -0.124. The van der Waals surface area contributed by atoms with Gasteiger partial charge in [-0.3, -0.25) is 4.79 Å². The second-order valence-electron chi connectivity index (χ2n) is 6.52. The van der Waals surface area contributed by atoms with Crippen LogP contribution in [-0.2, 0) is 4.79 Å². The predicted molar refractivity (Wildman–Crippen MR) is 71.1 cm³/mol. The van der Waals surface area contributed by atoms with Gasteiger partial charge in [-0.2, -0.15) is 0 Å². The van der Waals surface area contributed by atoms with Gasteiger partial charge < -0.3 is 5.32 Å². The molecule has 0 aromatic heterocycles. The average molecular weight is 258 g/mol. The highest BCUT2D eigenvalue weighted by Gasteiger charge is 2.40. The minimum Gasteiger partial charge on any atom is -0.350 e. The number of fused-ring (bicyclic) bond motifs is 2. The van der Waals surface area contributed by atoms with E-state index in [0.717, 1.165) is 11.8 Å². The highest BCUT2D eigenvalue weighted by Crippen LogP contribution is 2.49. The molecule has 0 heterocycles. The van der Waals surface area contributed by atoms with E-state index < -0.39 is 0 Å². The van der Waals surface area contributed by atoms with Crippen LogP contribution in [0.25, 0.3) is 0 Å². The Morgan fingerprint density at radius 2 is 2.12 bits per heavy atom. The zero-order valence-electron chi connectivity index (χ0n) is 11.1. The lowest BCUT2D eigenvalue weighted by Gasteiger charge is -2.30. The van der Waals surface area contributed by atoms with Crippen molar-refractivity contribution in [2.75, 3.05) is 0 Å². The van der Waals surface area contributed by atoms with Crippen LogP contribution in [0, 0.1) is 17.8 Å². The first-order valence-electron chi connectivity index (χ1n) is 6.83. The van der Waals surface area contributed by atoms with Crippen LogP contribution < -0.4 is 5.32 Å². The second kappa shape index (κ2) is 4.79. The van der Waals surface area contributed by atoms with Crippen molar-refractivity contribution in [3.8, 4) is 0 Å². The van der Waals surface area contributed by atoms with Crippen LogP contribution in [0.3, 0.4) is 0 Å². The Balaban J connectivity index is 1.82. The normalized spacial score (nSPS) is 33.8. The van der Waals surface area contributed by atoms with Crippen LogP contribution in [0.2, 0.25) is 0 Å². The van der Waals surface area contributed by atoms with Gasteiger partial charge in [-0.1, -0.05) is 6.42 Å². The summed E-state index contributed by atoms with van der Waals surface area (Å²) in [5.74, 6) is 2.55. The monoisotopic (exact) mass is 257 g/mol. The van der Waals surface area contributed by atoms with E-state index in [1.54, 1.807) is 0 Å². The summed E-state index contributed by atoms with van der Waals surface area (Å²) >= 11 is 6.08. The van der Waals surface area contributed by atoms with E-state index in [9.17, 15) is 4.79 Å². The van der Waals surface area contributed by atoms with Crippen LogP contribution in [0.1, 0.15) is 52.9 Å². The second-order valence-corrected chi connectivity index (χ2v) is 7.18. The third-order valence-electron chi connectivity index (χ3n) is 4.79. The van der Waals surface area contributed by atoms with Gasteiger partial charge in [0, 0.05) is 6.42 Å². The quantitative estimate of drug-likeness (QED) is 0.769. The van der Waals surface area contributed by atoms with Crippen molar-refractivity contribution in [1.29, 1.82) is 0 Å². The molecule has 0 aliphatic heterocycles. The number of carbonyl (C=O) groups is 1. The van der Waals surface area contributed by atoms with Crippen molar-refractivity contribution < 1.29 is 4.79 Å². The predicted octanol–water partition coefficient (Wildman–Crippen LogP) is 3.33. The maximum atomic E-state index is 12.0. The largest absolute Gasteiger partial charge is 0.350 e. The van der Waals surface area contributed by atoms with Crippen LogP contribution in [0.15, 0.2) is 0 Å². The number of nitrogens with one attached hydrogen (secondary N) is 1. The molecule has 17 heavy (non-hydrogen) atoms. The van der Waals surface area contributed by atoms with Crippen LogP contribution in [0.5, 0.6) is 0 Å². The Bertz CT molecular complexity index is 301. The Morgan fingerprint density at radius 3 is 2.59 bits per heavy atom. The average Bonchev–Trinajstić information content (AvgIpc) is 2.77. The van der Waals surface area contributed by atoms with Crippen molar-refractivity contribution in [2.24, 2.45) is 17.8 Å². The van der Waals surface area contributed by atoms with E-state index in [4.69, 9.17) is 11.6 Å².